The number of ether oxygens (including phenoxy) is 2. The zero-order valence-corrected chi connectivity index (χ0v) is 10.5. The summed E-state index contributed by atoms with van der Waals surface area (Å²) in [4.78, 5) is 15.3. The maximum absolute atomic E-state index is 11.6. The summed E-state index contributed by atoms with van der Waals surface area (Å²) < 4.78 is 12.5. The van der Waals surface area contributed by atoms with Crippen molar-refractivity contribution in [3.8, 4) is 0 Å². The Balaban J connectivity index is 2.27. The van der Waals surface area contributed by atoms with Crippen molar-refractivity contribution in [1.82, 2.24) is 9.55 Å². The molecule has 2 rings (SSSR count). The number of anilines is 1. The summed E-state index contributed by atoms with van der Waals surface area (Å²) in [5.74, 6) is 0.127. The Hall–Kier alpha value is -0.960. The monoisotopic (exact) mass is 305 g/mol. The topological polar surface area (TPSA) is 99.6 Å². The van der Waals surface area contributed by atoms with Gasteiger partial charge < -0.3 is 20.3 Å². The molecule has 1 saturated heterocycles. The highest BCUT2D eigenvalue weighted by molar-refractivity contribution is 9.10. The molecule has 0 bridgehead atoms. The van der Waals surface area contributed by atoms with Gasteiger partial charge in [0.15, 0.2) is 6.23 Å². The summed E-state index contributed by atoms with van der Waals surface area (Å²) >= 11 is 3.19. The van der Waals surface area contributed by atoms with Gasteiger partial charge in [0.1, 0.15) is 11.9 Å². The lowest BCUT2D eigenvalue weighted by atomic mass is 10.3. The quantitative estimate of drug-likeness (QED) is 0.764. The predicted molar refractivity (Wildman–Crippen MR) is 62.4 cm³/mol. The Kier molecular flexibility index (Phi) is 3.77. The lowest BCUT2D eigenvalue weighted by Crippen LogP contribution is -2.40. The molecule has 1 aliphatic heterocycles. The minimum atomic E-state index is -0.599. The van der Waals surface area contributed by atoms with Crippen LogP contribution in [-0.4, -0.2) is 40.6 Å². The predicted octanol–water partition coefficient (Wildman–Crippen LogP) is -0.506. The molecule has 1 fully saturated rings. The maximum atomic E-state index is 11.6. The van der Waals surface area contributed by atoms with E-state index in [0.717, 1.165) is 0 Å². The van der Waals surface area contributed by atoms with E-state index in [9.17, 15) is 4.79 Å². The average molecular weight is 306 g/mol. The molecule has 8 heteroatoms. The number of aliphatic hydroxyl groups excluding tert-OH is 1. The molecule has 94 valence electrons. The van der Waals surface area contributed by atoms with Crippen LogP contribution in [-0.2, 0) is 9.47 Å². The van der Waals surface area contributed by atoms with Gasteiger partial charge in [-0.3, -0.25) is 4.57 Å². The van der Waals surface area contributed by atoms with Crippen LogP contribution in [0.4, 0.5) is 5.82 Å². The third kappa shape index (κ3) is 2.65. The molecule has 2 atom stereocenters. The number of rotatable bonds is 2. The molecule has 2 heterocycles. The first-order valence-electron chi connectivity index (χ1n) is 5.00. The van der Waals surface area contributed by atoms with Gasteiger partial charge in [-0.05, 0) is 15.9 Å². The van der Waals surface area contributed by atoms with Gasteiger partial charge in [0.25, 0.3) is 0 Å². The normalized spacial score (nSPS) is 24.8. The van der Waals surface area contributed by atoms with Crippen molar-refractivity contribution in [2.24, 2.45) is 0 Å². The van der Waals surface area contributed by atoms with E-state index in [0.29, 0.717) is 11.1 Å². The Morgan fingerprint density at radius 3 is 3.12 bits per heavy atom. The summed E-state index contributed by atoms with van der Waals surface area (Å²) in [6, 6.07) is 0. The smallest absolute Gasteiger partial charge is 0.351 e. The molecule has 0 aromatic carbocycles. The molecule has 7 nitrogen and oxygen atoms in total. The van der Waals surface area contributed by atoms with Crippen LogP contribution in [0.25, 0.3) is 0 Å². The van der Waals surface area contributed by atoms with Crippen LogP contribution >= 0.6 is 15.9 Å². The number of aromatic nitrogens is 2. The zero-order chi connectivity index (χ0) is 12.4. The maximum Gasteiger partial charge on any atom is 0.351 e. The number of nitrogens with zero attached hydrogens (tertiary/aromatic N) is 2. The standard InChI is InChI=1S/C9H12BrN3O4/c10-6-1-13(9(15)12-8(6)11)7-4-16-3-5(2-14)17-7/h1,5,7,14H,2-4H2,(H2,11,12,15)/t5-,7-/m1/s1. The molecule has 1 aliphatic rings. The van der Waals surface area contributed by atoms with Crippen molar-refractivity contribution in [3.05, 3.63) is 21.2 Å². The van der Waals surface area contributed by atoms with Crippen LogP contribution in [0.2, 0.25) is 0 Å². The highest BCUT2D eigenvalue weighted by atomic mass is 79.9. The van der Waals surface area contributed by atoms with Gasteiger partial charge in [0.05, 0.1) is 24.3 Å². The number of nitrogens with two attached hydrogens (primary N) is 1. The Morgan fingerprint density at radius 1 is 1.65 bits per heavy atom. The van der Waals surface area contributed by atoms with Crippen LogP contribution < -0.4 is 11.4 Å². The van der Waals surface area contributed by atoms with Crippen molar-refractivity contribution in [3.63, 3.8) is 0 Å². The molecule has 1 aromatic heterocycles. The van der Waals surface area contributed by atoms with E-state index >= 15 is 0 Å². The highest BCUT2D eigenvalue weighted by Crippen LogP contribution is 2.19. The van der Waals surface area contributed by atoms with Crippen molar-refractivity contribution < 1.29 is 14.6 Å². The first kappa shape index (κ1) is 12.5. The summed E-state index contributed by atoms with van der Waals surface area (Å²) in [5.41, 5.74) is 4.97. The molecule has 0 radical (unpaired) electrons. The molecule has 0 saturated carbocycles. The van der Waals surface area contributed by atoms with Crippen LogP contribution in [0.1, 0.15) is 6.23 Å². The number of aliphatic hydroxyl groups is 1. The fraction of sp³-hybridized carbons (Fsp3) is 0.556. The summed E-state index contributed by atoms with van der Waals surface area (Å²) in [5, 5.41) is 8.99. The second-order valence-electron chi connectivity index (χ2n) is 3.60. The van der Waals surface area contributed by atoms with E-state index in [-0.39, 0.29) is 19.0 Å². The van der Waals surface area contributed by atoms with Crippen LogP contribution in [0.3, 0.4) is 0 Å². The van der Waals surface area contributed by atoms with E-state index in [1.807, 2.05) is 0 Å². The Bertz CT molecular complexity index is 464. The van der Waals surface area contributed by atoms with Crippen molar-refractivity contribution in [1.29, 1.82) is 0 Å². The molecule has 0 aliphatic carbocycles. The average Bonchev–Trinajstić information content (AvgIpc) is 2.34. The molecule has 0 amide bonds. The molecule has 0 spiro atoms. The fourth-order valence-corrected chi connectivity index (χ4v) is 1.82. The van der Waals surface area contributed by atoms with Crippen molar-refractivity contribution >= 4 is 21.7 Å². The van der Waals surface area contributed by atoms with E-state index in [1.54, 1.807) is 0 Å². The van der Waals surface area contributed by atoms with E-state index < -0.39 is 18.0 Å². The van der Waals surface area contributed by atoms with Gasteiger partial charge in [-0.1, -0.05) is 0 Å². The van der Waals surface area contributed by atoms with Crippen LogP contribution in [0.15, 0.2) is 15.5 Å². The second-order valence-corrected chi connectivity index (χ2v) is 4.45. The van der Waals surface area contributed by atoms with Gasteiger partial charge in [-0.15, -0.1) is 0 Å². The van der Waals surface area contributed by atoms with Crippen LogP contribution in [0, 0.1) is 0 Å². The molecular weight excluding hydrogens is 294 g/mol. The fourth-order valence-electron chi connectivity index (χ4n) is 1.51. The molecule has 0 unspecified atom stereocenters. The van der Waals surface area contributed by atoms with E-state index in [4.69, 9.17) is 20.3 Å². The minimum Gasteiger partial charge on any atom is -0.394 e. The van der Waals surface area contributed by atoms with E-state index in [1.165, 1.54) is 10.8 Å². The number of hydrogen-bond donors (Lipinski definition) is 2. The number of halogens is 1. The Morgan fingerprint density at radius 2 is 2.41 bits per heavy atom. The third-order valence-electron chi connectivity index (χ3n) is 2.36. The highest BCUT2D eigenvalue weighted by Gasteiger charge is 2.25. The van der Waals surface area contributed by atoms with E-state index in [2.05, 4.69) is 20.9 Å². The van der Waals surface area contributed by atoms with Crippen LogP contribution in [0.5, 0.6) is 0 Å². The lowest BCUT2D eigenvalue weighted by Gasteiger charge is -2.29. The number of nitrogen functional groups attached to an aromatic ring is 1. The molecular formula is C9H12BrN3O4. The van der Waals surface area contributed by atoms with Gasteiger partial charge >= 0.3 is 5.69 Å². The molecule has 17 heavy (non-hydrogen) atoms. The minimum absolute atomic E-state index is 0.127. The zero-order valence-electron chi connectivity index (χ0n) is 8.88. The molecule has 3 N–H and O–H groups in total. The van der Waals surface area contributed by atoms with Gasteiger partial charge in [-0.25, -0.2) is 4.79 Å². The first-order chi connectivity index (χ1) is 8.11. The van der Waals surface area contributed by atoms with Crippen molar-refractivity contribution in [2.45, 2.75) is 12.3 Å². The summed E-state index contributed by atoms with van der Waals surface area (Å²) in [6.45, 7) is 0.384. The Labute approximate surface area is 105 Å². The largest absolute Gasteiger partial charge is 0.394 e. The summed E-state index contributed by atoms with van der Waals surface area (Å²) in [6.07, 6.45) is 0.466. The van der Waals surface area contributed by atoms with Gasteiger partial charge in [0.2, 0.25) is 0 Å². The van der Waals surface area contributed by atoms with Crippen molar-refractivity contribution in [2.75, 3.05) is 25.6 Å². The second kappa shape index (κ2) is 5.13. The molecule has 1 aromatic rings. The lowest BCUT2D eigenvalue weighted by molar-refractivity contribution is -0.180. The first-order valence-corrected chi connectivity index (χ1v) is 5.79. The van der Waals surface area contributed by atoms with Gasteiger partial charge in [-0.2, -0.15) is 4.98 Å². The summed E-state index contributed by atoms with van der Waals surface area (Å²) in [7, 11) is 0. The van der Waals surface area contributed by atoms with Gasteiger partial charge in [0, 0.05) is 6.20 Å². The number of hydrogen-bond acceptors (Lipinski definition) is 6. The third-order valence-corrected chi connectivity index (χ3v) is 2.97. The SMILES string of the molecule is Nc1nc(=O)n([C@H]2COC[C@@H](CO)O2)cc1Br.